The van der Waals surface area contributed by atoms with Crippen molar-refractivity contribution in [3.63, 3.8) is 0 Å². The van der Waals surface area contributed by atoms with Gasteiger partial charge in [0.2, 0.25) is 0 Å². The van der Waals surface area contributed by atoms with Gasteiger partial charge in [0, 0.05) is 0 Å². The lowest BCUT2D eigenvalue weighted by Gasteiger charge is -2.34. The van der Waals surface area contributed by atoms with Gasteiger partial charge in [-0.25, -0.2) is 0 Å². The topological polar surface area (TPSA) is 21.8 Å². The van der Waals surface area contributed by atoms with E-state index in [-0.39, 0.29) is 0 Å². The van der Waals surface area contributed by atoms with Crippen molar-refractivity contribution in [2.75, 3.05) is 0 Å². The van der Waals surface area contributed by atoms with Gasteiger partial charge in [-0.3, -0.25) is 0 Å². The van der Waals surface area contributed by atoms with Crippen LogP contribution in [0.1, 0.15) is 25.7 Å². The highest BCUT2D eigenvalue weighted by atomic mass is 28.4. The zero-order valence-electron chi connectivity index (χ0n) is 13.1. The summed E-state index contributed by atoms with van der Waals surface area (Å²) in [4.78, 5) is 0. The Bertz CT molecular complexity index is 328. The van der Waals surface area contributed by atoms with Crippen LogP contribution in [-0.2, 0) is 8.85 Å². The summed E-state index contributed by atoms with van der Waals surface area (Å²) < 4.78 is 12.2. The van der Waals surface area contributed by atoms with Crippen LogP contribution in [0.2, 0.25) is 38.3 Å². The number of epoxide rings is 1. The van der Waals surface area contributed by atoms with E-state index in [0.29, 0.717) is 12.2 Å². The first-order valence-corrected chi connectivity index (χ1v) is 14.0. The van der Waals surface area contributed by atoms with Gasteiger partial charge in [-0.2, -0.15) is 0 Å². The second-order valence-corrected chi connectivity index (χ2v) is 16.3. The first-order valence-electron chi connectivity index (χ1n) is 7.78. The molecule has 0 aromatic heterocycles. The summed E-state index contributed by atoms with van der Waals surface area (Å²) >= 11 is 0. The van der Waals surface area contributed by atoms with Crippen molar-refractivity contribution in [3.05, 3.63) is 12.7 Å². The molecule has 3 unspecified atom stereocenters. The summed E-state index contributed by atoms with van der Waals surface area (Å²) in [6.07, 6.45) is 8.62. The van der Waals surface area contributed by atoms with Crippen molar-refractivity contribution in [2.45, 2.75) is 76.2 Å². The van der Waals surface area contributed by atoms with E-state index in [0.717, 1.165) is 12.0 Å². The highest BCUT2D eigenvalue weighted by molar-refractivity contribution is 6.85. The molecule has 1 aliphatic heterocycles. The number of hydrogen-bond donors (Lipinski definition) is 0. The number of fused-ring (bicyclic) bond motifs is 1. The van der Waals surface area contributed by atoms with Crippen LogP contribution in [0.4, 0.5) is 0 Å². The van der Waals surface area contributed by atoms with Crippen LogP contribution < -0.4 is 0 Å². The fourth-order valence-electron chi connectivity index (χ4n) is 3.49. The van der Waals surface area contributed by atoms with Gasteiger partial charge >= 0.3 is 0 Å². The molecule has 110 valence electrons. The third-order valence-corrected chi connectivity index (χ3v) is 11.6. The van der Waals surface area contributed by atoms with Gasteiger partial charge in [-0.15, -0.1) is 6.58 Å². The Kier molecular flexibility index (Phi) is 4.76. The monoisotopic (exact) mass is 298 g/mol. The number of allylic oxidation sites excluding steroid dienone is 1. The van der Waals surface area contributed by atoms with E-state index in [1.54, 1.807) is 0 Å². The minimum Gasteiger partial charge on any atom is -0.455 e. The Morgan fingerprint density at radius 1 is 1.16 bits per heavy atom. The number of hydrogen-bond acceptors (Lipinski definition) is 2. The third-order valence-electron chi connectivity index (χ3n) is 4.46. The Hall–Kier alpha value is 0.0938. The molecule has 0 N–H and O–H groups in total. The van der Waals surface area contributed by atoms with Gasteiger partial charge in [0.15, 0.2) is 16.6 Å². The van der Waals surface area contributed by atoms with E-state index in [1.807, 2.05) is 6.08 Å². The Morgan fingerprint density at radius 2 is 1.89 bits per heavy atom. The molecule has 0 amide bonds. The summed E-state index contributed by atoms with van der Waals surface area (Å²) in [6, 6.07) is 2.38. The quantitative estimate of drug-likeness (QED) is 0.390. The molecule has 0 spiro atoms. The second kappa shape index (κ2) is 5.84. The maximum Gasteiger partial charge on any atom is 0.177 e. The van der Waals surface area contributed by atoms with E-state index in [1.165, 1.54) is 31.7 Å². The van der Waals surface area contributed by atoms with E-state index in [4.69, 9.17) is 8.85 Å². The molecule has 2 rings (SSSR count). The van der Waals surface area contributed by atoms with Crippen LogP contribution in [0.5, 0.6) is 0 Å². The summed E-state index contributed by atoms with van der Waals surface area (Å²) in [5.74, 6) is 0.892. The van der Waals surface area contributed by atoms with Crippen molar-refractivity contribution >= 4 is 16.6 Å². The molecular formula is C15H30O2Si2. The van der Waals surface area contributed by atoms with Crippen LogP contribution >= 0.6 is 0 Å². The molecule has 2 fully saturated rings. The van der Waals surface area contributed by atoms with Gasteiger partial charge in [-0.1, -0.05) is 12.5 Å². The molecule has 1 aliphatic carbocycles. The van der Waals surface area contributed by atoms with Gasteiger partial charge in [-0.05, 0) is 63.5 Å². The molecular weight excluding hydrogens is 268 g/mol. The molecule has 0 aromatic rings. The van der Waals surface area contributed by atoms with Gasteiger partial charge in [0.05, 0.1) is 12.2 Å². The van der Waals surface area contributed by atoms with Crippen molar-refractivity contribution in [1.29, 1.82) is 0 Å². The maximum absolute atomic E-state index is 6.57. The molecule has 1 saturated carbocycles. The Balaban J connectivity index is 1.74. The third kappa shape index (κ3) is 4.85. The predicted molar refractivity (Wildman–Crippen MR) is 86.5 cm³/mol. The minimum absolute atomic E-state index is 0.621. The largest absolute Gasteiger partial charge is 0.455 e. The van der Waals surface area contributed by atoms with Crippen molar-refractivity contribution < 1.29 is 8.85 Å². The molecule has 0 radical (unpaired) electrons. The van der Waals surface area contributed by atoms with Gasteiger partial charge in [0.25, 0.3) is 0 Å². The molecule has 1 saturated heterocycles. The van der Waals surface area contributed by atoms with E-state index in [9.17, 15) is 0 Å². The van der Waals surface area contributed by atoms with Crippen molar-refractivity contribution in [1.82, 2.24) is 0 Å². The summed E-state index contributed by atoms with van der Waals surface area (Å²) in [6.45, 7) is 13.3. The predicted octanol–water partition coefficient (Wildman–Crippen LogP) is 4.56. The summed E-state index contributed by atoms with van der Waals surface area (Å²) in [7, 11) is -3.01. The second-order valence-electron chi connectivity index (χ2n) is 7.54. The van der Waals surface area contributed by atoms with Crippen LogP contribution in [0.25, 0.3) is 0 Å². The lowest BCUT2D eigenvalue weighted by atomic mass is 9.88. The van der Waals surface area contributed by atoms with E-state index >= 15 is 0 Å². The number of rotatable bonds is 7. The first kappa shape index (κ1) is 15.5. The highest BCUT2D eigenvalue weighted by Crippen LogP contribution is 2.41. The fraction of sp³-hybridized carbons (Fsp3) is 0.867. The van der Waals surface area contributed by atoms with Crippen molar-refractivity contribution in [2.24, 2.45) is 5.92 Å². The zero-order valence-corrected chi connectivity index (χ0v) is 15.1. The Morgan fingerprint density at radius 3 is 2.53 bits per heavy atom. The lowest BCUT2D eigenvalue weighted by molar-refractivity contribution is 0.355. The SMILES string of the molecule is C=CC[Si](C)(C)O[Si](C)(C)CCC1CCC2OC2C1. The molecule has 4 heteroatoms. The first-order chi connectivity index (χ1) is 8.81. The fourth-order valence-corrected chi connectivity index (χ4v) is 12.0. The van der Waals surface area contributed by atoms with Crippen LogP contribution in [0.3, 0.4) is 0 Å². The average Bonchev–Trinajstić information content (AvgIpc) is 3.02. The molecule has 1 heterocycles. The van der Waals surface area contributed by atoms with Gasteiger partial charge in [0.1, 0.15) is 0 Å². The minimum atomic E-state index is -1.51. The van der Waals surface area contributed by atoms with Crippen LogP contribution in [0, 0.1) is 5.92 Å². The Labute approximate surface area is 120 Å². The van der Waals surface area contributed by atoms with E-state index < -0.39 is 16.6 Å². The lowest BCUT2D eigenvalue weighted by Crippen LogP contribution is -2.44. The normalized spacial score (nSPS) is 30.8. The summed E-state index contributed by atoms with van der Waals surface area (Å²) in [5.41, 5.74) is 0. The average molecular weight is 299 g/mol. The molecule has 3 atom stereocenters. The zero-order chi connectivity index (χ0) is 14.1. The molecule has 0 bridgehead atoms. The molecule has 2 nitrogen and oxygen atoms in total. The standard InChI is InChI=1S/C15H30O2Si2/c1-6-10-18(2,3)17-19(4,5)11-9-13-7-8-14-15(12-13)16-14/h6,13-15H,1,7-12H2,2-5H3. The van der Waals surface area contributed by atoms with E-state index in [2.05, 4.69) is 32.8 Å². The summed E-state index contributed by atoms with van der Waals surface area (Å²) in [5, 5.41) is 0. The molecule has 19 heavy (non-hydrogen) atoms. The molecule has 2 aliphatic rings. The van der Waals surface area contributed by atoms with Gasteiger partial charge < -0.3 is 8.85 Å². The van der Waals surface area contributed by atoms with Crippen LogP contribution in [0.15, 0.2) is 12.7 Å². The molecule has 0 aromatic carbocycles. The maximum atomic E-state index is 6.57. The van der Waals surface area contributed by atoms with Crippen molar-refractivity contribution in [3.8, 4) is 0 Å². The smallest absolute Gasteiger partial charge is 0.177 e. The van der Waals surface area contributed by atoms with Crippen LogP contribution in [-0.4, -0.2) is 28.8 Å². The number of ether oxygens (including phenoxy) is 1. The highest BCUT2D eigenvalue weighted by Gasteiger charge is 2.44.